The molecule has 3 saturated heterocycles. The average molecular weight is 1100 g/mol. The summed E-state index contributed by atoms with van der Waals surface area (Å²) in [6.07, 6.45) is -5.36. The first-order valence-electron chi connectivity index (χ1n) is 27.5. The lowest BCUT2D eigenvalue weighted by atomic mass is 9.92. The fraction of sp³-hybridized carbons (Fsp3) is 0.714. The number of carbonyl (C=O) groups is 10. The van der Waals surface area contributed by atoms with E-state index >= 15 is 0 Å². The maximum atomic E-state index is 14.9. The Bertz CT molecular complexity index is 2310. The maximum absolute atomic E-state index is 14.9. The van der Waals surface area contributed by atoms with Gasteiger partial charge in [0.25, 0.3) is 5.91 Å². The number of esters is 2. The van der Waals surface area contributed by atoms with Crippen molar-refractivity contribution in [3.63, 3.8) is 0 Å². The molecule has 1 aromatic carbocycles. The van der Waals surface area contributed by atoms with Gasteiger partial charge in [-0.25, -0.2) is 4.79 Å². The molecule has 4 rings (SSSR count). The molecule has 0 aliphatic carbocycles. The highest BCUT2D eigenvalue weighted by Gasteiger charge is 2.46. The van der Waals surface area contributed by atoms with Crippen LogP contribution in [-0.2, 0) is 63.8 Å². The largest absolute Gasteiger partial charge is 0.497 e. The molecule has 22 nitrogen and oxygen atoms in total. The van der Waals surface area contributed by atoms with Crippen LogP contribution >= 0.6 is 0 Å². The lowest BCUT2D eigenvalue weighted by Crippen LogP contribution is -2.62. The van der Waals surface area contributed by atoms with Crippen LogP contribution in [0.25, 0.3) is 0 Å². The van der Waals surface area contributed by atoms with Crippen molar-refractivity contribution >= 4 is 59.1 Å². The van der Waals surface area contributed by atoms with E-state index in [0.29, 0.717) is 24.2 Å². The summed E-state index contributed by atoms with van der Waals surface area (Å²) in [5, 5.41) is 30.0. The van der Waals surface area contributed by atoms with Gasteiger partial charge in [-0.15, -0.1) is 0 Å². The molecule has 3 fully saturated rings. The number of amides is 7. The summed E-state index contributed by atoms with van der Waals surface area (Å²) in [6, 6.07) is -2.21. The van der Waals surface area contributed by atoms with Crippen LogP contribution in [0.15, 0.2) is 24.3 Å². The summed E-state index contributed by atoms with van der Waals surface area (Å²) in [5.41, 5.74) is 0.569. The summed E-state index contributed by atoms with van der Waals surface area (Å²) in [7, 11) is 4.28. The molecule has 436 valence electrons. The van der Waals surface area contributed by atoms with Gasteiger partial charge in [0.2, 0.25) is 35.4 Å². The van der Waals surface area contributed by atoms with Gasteiger partial charge in [-0.05, 0) is 101 Å². The molecule has 3 aliphatic heterocycles. The minimum absolute atomic E-state index is 0.0711. The van der Waals surface area contributed by atoms with Gasteiger partial charge in [-0.2, -0.15) is 0 Å². The number of ketones is 1. The number of hydrogen-bond donors (Lipinski definition) is 5. The Morgan fingerprint density at radius 1 is 0.833 bits per heavy atom. The first kappa shape index (κ1) is 64.4. The lowest BCUT2D eigenvalue weighted by molar-refractivity contribution is -0.163. The topological polar surface area (TPSA) is 288 Å². The van der Waals surface area contributed by atoms with E-state index in [-0.39, 0.29) is 57.0 Å². The number of methoxy groups -OCH3 is 1. The van der Waals surface area contributed by atoms with Gasteiger partial charge in [0, 0.05) is 33.6 Å². The number of rotatable bonds is 14. The van der Waals surface area contributed by atoms with E-state index in [1.54, 1.807) is 52.0 Å². The highest BCUT2D eigenvalue weighted by Crippen LogP contribution is 2.27. The van der Waals surface area contributed by atoms with Gasteiger partial charge in [-0.1, -0.05) is 67.5 Å². The van der Waals surface area contributed by atoms with Gasteiger partial charge >= 0.3 is 11.9 Å². The molecule has 1 aromatic rings. The second-order valence-electron chi connectivity index (χ2n) is 22.8. The van der Waals surface area contributed by atoms with E-state index < -0.39 is 150 Å². The Labute approximate surface area is 459 Å². The number of hydrogen-bond acceptors (Lipinski definition) is 15. The quantitative estimate of drug-likeness (QED) is 0.131. The number of aliphatic hydroxyl groups is 2. The molecule has 0 unspecified atom stereocenters. The van der Waals surface area contributed by atoms with Gasteiger partial charge in [0.05, 0.1) is 31.6 Å². The molecule has 7 amide bonds. The predicted molar refractivity (Wildman–Crippen MR) is 286 cm³/mol. The normalized spacial score (nSPS) is 27.5. The molecular formula is C56H87N7O15. The number of benzene rings is 1. The molecule has 0 bridgehead atoms. The molecule has 0 aromatic heterocycles. The summed E-state index contributed by atoms with van der Waals surface area (Å²) in [4.78, 5) is 148. The summed E-state index contributed by atoms with van der Waals surface area (Å²) >= 11 is 0. The van der Waals surface area contributed by atoms with Crippen LogP contribution in [0.3, 0.4) is 0 Å². The Balaban J connectivity index is 1.87. The third-order valence-electron chi connectivity index (χ3n) is 14.9. The molecule has 0 spiro atoms. The summed E-state index contributed by atoms with van der Waals surface area (Å²) < 4.78 is 17.2. The number of nitrogens with one attached hydrogen (secondary N) is 3. The second kappa shape index (κ2) is 28.6. The van der Waals surface area contributed by atoms with E-state index in [9.17, 15) is 58.2 Å². The Morgan fingerprint density at radius 3 is 2.03 bits per heavy atom. The monoisotopic (exact) mass is 1100 g/mol. The number of aliphatic hydroxyl groups excluding tert-OH is 2. The minimum Gasteiger partial charge on any atom is -0.497 e. The van der Waals surface area contributed by atoms with Crippen molar-refractivity contribution in [3.8, 4) is 5.75 Å². The number of ether oxygens (including phenoxy) is 3. The van der Waals surface area contributed by atoms with Crippen LogP contribution in [0.4, 0.5) is 0 Å². The fourth-order valence-corrected chi connectivity index (χ4v) is 10.4. The van der Waals surface area contributed by atoms with Crippen LogP contribution in [0, 0.1) is 29.6 Å². The van der Waals surface area contributed by atoms with Crippen molar-refractivity contribution in [1.82, 2.24) is 35.6 Å². The van der Waals surface area contributed by atoms with Crippen LogP contribution in [0.2, 0.25) is 0 Å². The highest BCUT2D eigenvalue weighted by atomic mass is 16.6. The van der Waals surface area contributed by atoms with Gasteiger partial charge < -0.3 is 60.0 Å². The van der Waals surface area contributed by atoms with E-state index in [0.717, 1.165) is 0 Å². The number of fused-ring (bicyclic) bond motifs is 1. The van der Waals surface area contributed by atoms with Crippen molar-refractivity contribution in [2.45, 2.75) is 194 Å². The molecule has 5 N–H and O–H groups in total. The van der Waals surface area contributed by atoms with Crippen molar-refractivity contribution in [2.24, 2.45) is 29.6 Å². The van der Waals surface area contributed by atoms with E-state index in [2.05, 4.69) is 16.0 Å². The maximum Gasteiger partial charge on any atom is 0.329 e. The zero-order valence-electron chi connectivity index (χ0n) is 48.1. The Morgan fingerprint density at radius 2 is 1.46 bits per heavy atom. The van der Waals surface area contributed by atoms with Crippen LogP contribution in [0.5, 0.6) is 5.75 Å². The van der Waals surface area contributed by atoms with Crippen LogP contribution in [-0.4, -0.2) is 190 Å². The van der Waals surface area contributed by atoms with E-state index in [1.165, 1.54) is 61.6 Å². The molecule has 3 aliphatic rings. The van der Waals surface area contributed by atoms with Crippen molar-refractivity contribution in [3.05, 3.63) is 29.8 Å². The third kappa shape index (κ3) is 16.5. The van der Waals surface area contributed by atoms with Crippen molar-refractivity contribution in [1.29, 1.82) is 0 Å². The predicted octanol–water partition coefficient (Wildman–Crippen LogP) is 1.93. The molecule has 12 atom stereocenters. The summed E-state index contributed by atoms with van der Waals surface area (Å²) in [6.45, 7) is 18.2. The smallest absolute Gasteiger partial charge is 0.329 e. The lowest BCUT2D eigenvalue weighted by Gasteiger charge is -2.36. The molecule has 78 heavy (non-hydrogen) atoms. The second-order valence-corrected chi connectivity index (χ2v) is 22.8. The number of cyclic esters (lactones) is 2. The number of Topliss-reactive ketones (excluding diaryl/α,β-unsaturated/α-hetero) is 1. The summed E-state index contributed by atoms with van der Waals surface area (Å²) in [5.74, 6) is -10.3. The first-order chi connectivity index (χ1) is 36.5. The molecule has 0 saturated carbocycles. The molecule has 0 radical (unpaired) electrons. The highest BCUT2D eigenvalue weighted by molar-refractivity contribution is 6.05. The number of likely N-dealkylation sites (tertiary alicyclic amines) is 1. The van der Waals surface area contributed by atoms with Crippen molar-refractivity contribution < 1.29 is 72.4 Å². The van der Waals surface area contributed by atoms with E-state index in [4.69, 9.17) is 14.2 Å². The minimum atomic E-state index is -1.76. The van der Waals surface area contributed by atoms with Gasteiger partial charge in [0.15, 0.2) is 11.9 Å². The van der Waals surface area contributed by atoms with Gasteiger partial charge in [-0.3, -0.25) is 43.2 Å². The van der Waals surface area contributed by atoms with E-state index in [1.807, 2.05) is 27.7 Å². The zero-order valence-corrected chi connectivity index (χ0v) is 48.1. The van der Waals surface area contributed by atoms with Crippen molar-refractivity contribution in [2.75, 3.05) is 34.3 Å². The Kier molecular flexibility index (Phi) is 23.6. The number of likely N-dealkylation sites (N-methyl/N-ethyl adjacent to an activating group) is 2. The average Bonchev–Trinajstić information content (AvgIpc) is 4.08. The molecule has 3 heterocycles. The SMILES string of the molecule is COc1ccc(C[C@H]2C(=O)O[C@H](C)[C@H](NC(=O)[C@@H](CC(C)C)N(C)C(=O)[C@@H]3CCCN3C(=O)[C@H](C)O)C(=O)N[C@H](C(C)C)[C@@H](O)CC(=O)O[C@@H](C(C)C)C(=O)[C@@H](C)C(=O)N[C@@H](CC(C)C)C(=O)N3CCC[C@H]3C(=O)N2C)cc1. The standard InChI is InChI=1S/C56H87N7O15/c1-29(2)25-38-53(72)63-24-16-18-40(63)55(74)61(13)42(27-36-19-21-37(76-14)22-20-36)56(75)77-35(11)46(59-50(69)41(26-30(3)4)60(12)54(73)39-17-15-23-62(39)52(71)34(10)64)51(70)58-45(31(5)6)43(65)28-44(66)78-48(32(7)8)47(67)33(9)49(68)57-38/h19-22,29-35,38-43,45-46,48,64-65H,15-18,23-28H2,1-14H3,(H,57,68)(H,58,70)(H,59,69)/t33-,34+,35-,38+,39+,40+,41-,42+,43+,45-,46+,48+/m1/s1. The first-order valence-corrected chi connectivity index (χ1v) is 27.5. The molecule has 22 heteroatoms. The van der Waals surface area contributed by atoms with Gasteiger partial charge in [0.1, 0.15) is 54.2 Å². The number of carbonyl (C=O) groups excluding carboxylic acids is 10. The van der Waals surface area contributed by atoms with Crippen LogP contribution < -0.4 is 20.7 Å². The fourth-order valence-electron chi connectivity index (χ4n) is 10.4. The zero-order chi connectivity index (χ0) is 58.6. The molecular weight excluding hydrogens is 1010 g/mol. The Hall–Kier alpha value is -6.16. The third-order valence-corrected chi connectivity index (χ3v) is 14.9. The van der Waals surface area contributed by atoms with Crippen LogP contribution in [0.1, 0.15) is 127 Å². The number of nitrogens with zero attached hydrogens (tertiary/aromatic N) is 4.